The van der Waals surface area contributed by atoms with E-state index in [2.05, 4.69) is 156 Å². The molecule has 226 valence electrons. The Bertz CT molecular complexity index is 3000. The van der Waals surface area contributed by atoms with Crippen LogP contribution in [0.4, 0.5) is 0 Å². The van der Waals surface area contributed by atoms with Gasteiger partial charge in [0.25, 0.3) is 0 Å². The van der Waals surface area contributed by atoms with E-state index < -0.39 is 0 Å². The van der Waals surface area contributed by atoms with Crippen LogP contribution >= 0.6 is 0 Å². The molecule has 0 N–H and O–H groups in total. The van der Waals surface area contributed by atoms with Crippen LogP contribution in [0.5, 0.6) is 0 Å². The molecule has 49 heavy (non-hydrogen) atoms. The minimum absolute atomic E-state index is 0.654. The lowest BCUT2D eigenvalue weighted by Crippen LogP contribution is -1.93. The highest BCUT2D eigenvalue weighted by Gasteiger charge is 2.18. The molecule has 2 aromatic heterocycles. The van der Waals surface area contributed by atoms with E-state index in [1.165, 1.54) is 32.3 Å². The van der Waals surface area contributed by atoms with Gasteiger partial charge in [-0.2, -0.15) is 5.26 Å². The first-order valence-electron chi connectivity index (χ1n) is 16.5. The molecule has 0 saturated carbocycles. The molecule has 3 nitrogen and oxygen atoms in total. The molecule has 0 aliphatic heterocycles. The first kappa shape index (κ1) is 27.4. The third-order valence-electron chi connectivity index (χ3n) is 9.95. The monoisotopic (exact) mass is 621 g/mol. The largest absolute Gasteiger partial charge is 0.309 e. The average molecular weight is 622 g/mol. The number of hydrogen-bond donors (Lipinski definition) is 0. The molecule has 8 aromatic carbocycles. The van der Waals surface area contributed by atoms with Crippen LogP contribution in [0.3, 0.4) is 0 Å². The molecular weight excluding hydrogens is 595 g/mol. The van der Waals surface area contributed by atoms with Crippen LogP contribution in [0, 0.1) is 11.3 Å². The number of rotatable bonds is 3. The first-order chi connectivity index (χ1) is 24.3. The summed E-state index contributed by atoms with van der Waals surface area (Å²) in [6.45, 7) is 0. The summed E-state index contributed by atoms with van der Waals surface area (Å²) in [6, 6.07) is 60.2. The second kappa shape index (κ2) is 10.6. The summed E-state index contributed by atoms with van der Waals surface area (Å²) >= 11 is 0. The van der Waals surface area contributed by atoms with E-state index >= 15 is 0 Å². The molecule has 0 aliphatic carbocycles. The van der Waals surface area contributed by atoms with Gasteiger partial charge in [-0.1, -0.05) is 109 Å². The summed E-state index contributed by atoms with van der Waals surface area (Å²) in [5, 5.41) is 20.5. The summed E-state index contributed by atoms with van der Waals surface area (Å²) < 4.78 is 2.28. The van der Waals surface area contributed by atoms with Crippen molar-refractivity contribution in [2.45, 2.75) is 0 Å². The molecule has 2 heterocycles. The third-order valence-corrected chi connectivity index (χ3v) is 9.95. The predicted octanol–water partition coefficient (Wildman–Crippen LogP) is 12.0. The van der Waals surface area contributed by atoms with E-state index in [1.54, 1.807) is 0 Å². The van der Waals surface area contributed by atoms with E-state index in [0.717, 1.165) is 60.8 Å². The van der Waals surface area contributed by atoms with E-state index in [0.29, 0.717) is 5.56 Å². The molecule has 10 rings (SSSR count). The molecule has 10 aromatic rings. The first-order valence-corrected chi connectivity index (χ1v) is 16.5. The van der Waals surface area contributed by atoms with E-state index in [-0.39, 0.29) is 0 Å². The molecular formula is C46H27N3. The summed E-state index contributed by atoms with van der Waals surface area (Å²) in [6.07, 6.45) is 0. The second-order valence-corrected chi connectivity index (χ2v) is 12.6. The van der Waals surface area contributed by atoms with Gasteiger partial charge in [0.15, 0.2) is 0 Å². The van der Waals surface area contributed by atoms with Crippen molar-refractivity contribution in [1.82, 2.24) is 9.55 Å². The predicted molar refractivity (Wildman–Crippen MR) is 204 cm³/mol. The van der Waals surface area contributed by atoms with Crippen molar-refractivity contribution < 1.29 is 0 Å². The molecule has 3 heteroatoms. The Kier molecular flexibility index (Phi) is 5.94. The Morgan fingerprint density at radius 3 is 1.78 bits per heavy atom. The summed E-state index contributed by atoms with van der Waals surface area (Å²) in [5.74, 6) is 0. The van der Waals surface area contributed by atoms with Crippen molar-refractivity contribution in [3.8, 4) is 34.1 Å². The fraction of sp³-hybridized carbons (Fsp3) is 0. The summed E-state index contributed by atoms with van der Waals surface area (Å²) in [4.78, 5) is 5.38. The van der Waals surface area contributed by atoms with Gasteiger partial charge in [0.2, 0.25) is 0 Å². The van der Waals surface area contributed by atoms with Gasteiger partial charge in [0.05, 0.1) is 33.9 Å². The molecule has 0 bridgehead atoms. The van der Waals surface area contributed by atoms with Crippen molar-refractivity contribution in [2.75, 3.05) is 0 Å². The normalized spacial score (nSPS) is 11.7. The Morgan fingerprint density at radius 2 is 1.02 bits per heavy atom. The van der Waals surface area contributed by atoms with Crippen molar-refractivity contribution in [3.05, 3.63) is 169 Å². The van der Waals surface area contributed by atoms with Gasteiger partial charge in [-0.05, 0) is 87.3 Å². The van der Waals surface area contributed by atoms with Crippen molar-refractivity contribution in [3.63, 3.8) is 0 Å². The van der Waals surface area contributed by atoms with Crippen LogP contribution in [0.1, 0.15) is 5.56 Å². The van der Waals surface area contributed by atoms with E-state index in [9.17, 15) is 5.26 Å². The Morgan fingerprint density at radius 1 is 0.429 bits per heavy atom. The van der Waals surface area contributed by atoms with Gasteiger partial charge in [-0.3, -0.25) is 0 Å². The molecule has 0 aliphatic rings. The fourth-order valence-corrected chi connectivity index (χ4v) is 7.81. The maximum absolute atomic E-state index is 9.77. The minimum atomic E-state index is 0.654. The molecule has 0 fully saturated rings. The van der Waals surface area contributed by atoms with Gasteiger partial charge in [0.1, 0.15) is 0 Å². The Labute approximate surface area is 282 Å². The van der Waals surface area contributed by atoms with Crippen LogP contribution in [-0.2, 0) is 0 Å². The number of nitrogens with zero attached hydrogens (tertiary/aromatic N) is 3. The minimum Gasteiger partial charge on any atom is -0.309 e. The molecule has 0 unspecified atom stereocenters. The maximum atomic E-state index is 9.77. The highest BCUT2D eigenvalue weighted by molar-refractivity contribution is 6.33. The van der Waals surface area contributed by atoms with Crippen LogP contribution in [0.2, 0.25) is 0 Å². The van der Waals surface area contributed by atoms with Gasteiger partial charge in [-0.15, -0.1) is 0 Å². The topological polar surface area (TPSA) is 41.6 Å². The number of para-hydroxylation sites is 2. The number of hydrogen-bond acceptors (Lipinski definition) is 2. The zero-order valence-electron chi connectivity index (χ0n) is 26.4. The highest BCUT2D eigenvalue weighted by atomic mass is 15.0. The molecule has 0 atom stereocenters. The van der Waals surface area contributed by atoms with Gasteiger partial charge >= 0.3 is 0 Å². The molecule has 0 spiro atoms. The lowest BCUT2D eigenvalue weighted by atomic mass is 9.89. The quantitative estimate of drug-likeness (QED) is 0.184. The Hall–Kier alpha value is -6.76. The lowest BCUT2D eigenvalue weighted by Gasteiger charge is -2.16. The smallest absolute Gasteiger partial charge is 0.0991 e. The SMILES string of the molecule is N#Cc1ccc2c(c1)c1cc(-c3cccc(-c4nc5ccccc5c5c6ccccc6c6ccccc6c45)c3)ccc1n2-c1ccccc1. The van der Waals surface area contributed by atoms with Gasteiger partial charge in [-0.25, -0.2) is 4.98 Å². The lowest BCUT2D eigenvalue weighted by molar-refractivity contribution is 1.18. The van der Waals surface area contributed by atoms with Crippen LogP contribution < -0.4 is 0 Å². The van der Waals surface area contributed by atoms with Crippen LogP contribution in [-0.4, -0.2) is 9.55 Å². The van der Waals surface area contributed by atoms with Gasteiger partial charge in [0, 0.05) is 38.2 Å². The van der Waals surface area contributed by atoms with Crippen LogP contribution in [0.25, 0.3) is 93.1 Å². The third kappa shape index (κ3) is 4.11. The summed E-state index contributed by atoms with van der Waals surface area (Å²) in [5.41, 5.74) is 9.21. The average Bonchev–Trinajstić information content (AvgIpc) is 3.50. The molecule has 0 saturated heterocycles. The maximum Gasteiger partial charge on any atom is 0.0991 e. The van der Waals surface area contributed by atoms with Gasteiger partial charge < -0.3 is 4.57 Å². The number of fused-ring (bicyclic) bond motifs is 11. The number of benzene rings is 8. The summed E-state index contributed by atoms with van der Waals surface area (Å²) in [7, 11) is 0. The Balaban J connectivity index is 1.24. The number of aromatic nitrogens is 2. The highest BCUT2D eigenvalue weighted by Crippen LogP contribution is 2.43. The number of pyridine rings is 1. The van der Waals surface area contributed by atoms with E-state index in [1.807, 2.05) is 18.2 Å². The zero-order chi connectivity index (χ0) is 32.5. The van der Waals surface area contributed by atoms with Crippen molar-refractivity contribution in [1.29, 1.82) is 5.26 Å². The molecule has 0 radical (unpaired) electrons. The number of nitriles is 1. The standard InChI is InChI=1S/C46H27N3/c47-28-29-21-23-42-39(25-29)40-27-31(22-24-43(40)49(42)33-13-2-1-3-14-33)30-11-10-12-32(26-30)46-45-37-18-7-5-16-35(37)34-15-4-6-17-36(34)44(45)38-19-8-9-20-41(38)48-46/h1-27H. The van der Waals surface area contributed by atoms with E-state index in [4.69, 9.17) is 4.98 Å². The second-order valence-electron chi connectivity index (χ2n) is 12.6. The fourth-order valence-electron chi connectivity index (χ4n) is 7.81. The zero-order valence-corrected chi connectivity index (χ0v) is 26.4. The molecule has 0 amide bonds. The van der Waals surface area contributed by atoms with Crippen molar-refractivity contribution >= 4 is 65.0 Å². The van der Waals surface area contributed by atoms with Crippen LogP contribution in [0.15, 0.2) is 164 Å². The van der Waals surface area contributed by atoms with Crippen molar-refractivity contribution in [2.24, 2.45) is 0 Å².